The van der Waals surface area contributed by atoms with Gasteiger partial charge in [-0.05, 0) is 32.9 Å². The summed E-state index contributed by atoms with van der Waals surface area (Å²) >= 11 is 1.37. The van der Waals surface area contributed by atoms with Crippen molar-refractivity contribution in [1.82, 2.24) is 20.1 Å². The highest BCUT2D eigenvalue weighted by Crippen LogP contribution is 2.25. The minimum absolute atomic E-state index is 0.00690. The quantitative estimate of drug-likeness (QED) is 0.855. The van der Waals surface area contributed by atoms with Crippen molar-refractivity contribution in [2.45, 2.75) is 37.2 Å². The second kappa shape index (κ2) is 6.13. The summed E-state index contributed by atoms with van der Waals surface area (Å²) in [7, 11) is 1.85. The van der Waals surface area contributed by atoms with Crippen LogP contribution in [0.25, 0.3) is 11.6 Å². The van der Waals surface area contributed by atoms with E-state index >= 15 is 0 Å². The van der Waals surface area contributed by atoms with Gasteiger partial charge in [-0.2, -0.15) is 0 Å². The van der Waals surface area contributed by atoms with Gasteiger partial charge in [0.1, 0.15) is 0 Å². The molecule has 0 spiro atoms. The number of nitrogens with one attached hydrogen (secondary N) is 1. The van der Waals surface area contributed by atoms with Crippen LogP contribution in [0.1, 0.15) is 20.8 Å². The van der Waals surface area contributed by atoms with Gasteiger partial charge in [-0.25, -0.2) is 0 Å². The van der Waals surface area contributed by atoms with Crippen molar-refractivity contribution in [2.24, 2.45) is 7.05 Å². The molecule has 0 unspecified atom stereocenters. The Kier molecular flexibility index (Phi) is 4.49. The Morgan fingerprint density at radius 1 is 1.40 bits per heavy atom. The lowest BCUT2D eigenvalue weighted by molar-refractivity contribution is -0.120. The van der Waals surface area contributed by atoms with E-state index < -0.39 is 0 Å². The van der Waals surface area contributed by atoms with E-state index in [4.69, 9.17) is 4.42 Å². The maximum Gasteiger partial charge on any atom is 0.233 e. The lowest BCUT2D eigenvalue weighted by Crippen LogP contribution is -2.36. The van der Waals surface area contributed by atoms with Gasteiger partial charge < -0.3 is 14.3 Å². The molecule has 0 saturated heterocycles. The van der Waals surface area contributed by atoms with Crippen LogP contribution in [0.2, 0.25) is 0 Å². The predicted molar refractivity (Wildman–Crippen MR) is 77.3 cm³/mol. The number of rotatable bonds is 5. The second-order valence-electron chi connectivity index (χ2n) is 4.77. The number of aromatic nitrogens is 3. The third-order valence-electron chi connectivity index (χ3n) is 2.66. The van der Waals surface area contributed by atoms with Crippen molar-refractivity contribution in [2.75, 3.05) is 0 Å². The Bertz CT molecular complexity index is 577. The normalized spacial score (nSPS) is 12.7. The van der Waals surface area contributed by atoms with Crippen LogP contribution >= 0.6 is 11.8 Å². The van der Waals surface area contributed by atoms with Crippen LogP contribution in [0.3, 0.4) is 0 Å². The fourth-order valence-electron chi connectivity index (χ4n) is 1.65. The highest BCUT2D eigenvalue weighted by Gasteiger charge is 2.20. The Morgan fingerprint density at radius 2 is 2.15 bits per heavy atom. The molecule has 7 heteroatoms. The van der Waals surface area contributed by atoms with Crippen molar-refractivity contribution >= 4 is 17.7 Å². The van der Waals surface area contributed by atoms with Crippen LogP contribution in [-0.4, -0.2) is 32.0 Å². The topological polar surface area (TPSA) is 73.0 Å². The Balaban J connectivity index is 2.09. The van der Waals surface area contributed by atoms with Gasteiger partial charge >= 0.3 is 0 Å². The predicted octanol–water partition coefficient (Wildman–Crippen LogP) is 2.08. The molecule has 20 heavy (non-hydrogen) atoms. The molecule has 0 aromatic carbocycles. The summed E-state index contributed by atoms with van der Waals surface area (Å²) in [4.78, 5) is 11.9. The van der Waals surface area contributed by atoms with E-state index in [2.05, 4.69) is 15.5 Å². The van der Waals surface area contributed by atoms with Gasteiger partial charge in [-0.1, -0.05) is 11.8 Å². The van der Waals surface area contributed by atoms with Crippen LogP contribution in [0.15, 0.2) is 28.0 Å². The van der Waals surface area contributed by atoms with Gasteiger partial charge in [0.25, 0.3) is 0 Å². The molecule has 0 aliphatic rings. The molecule has 108 valence electrons. The number of amides is 1. The number of hydrogen-bond donors (Lipinski definition) is 1. The molecule has 1 N–H and O–H groups in total. The third kappa shape index (κ3) is 3.22. The van der Waals surface area contributed by atoms with Crippen molar-refractivity contribution < 1.29 is 9.21 Å². The first kappa shape index (κ1) is 14.6. The van der Waals surface area contributed by atoms with Gasteiger partial charge in [0.2, 0.25) is 5.91 Å². The average molecular weight is 294 g/mol. The van der Waals surface area contributed by atoms with Gasteiger partial charge in [0.15, 0.2) is 16.7 Å². The van der Waals surface area contributed by atoms with E-state index in [0.29, 0.717) is 16.7 Å². The highest BCUT2D eigenvalue weighted by atomic mass is 32.2. The van der Waals surface area contributed by atoms with Gasteiger partial charge in [0.05, 0.1) is 11.5 Å². The van der Waals surface area contributed by atoms with Crippen LogP contribution in [0.5, 0.6) is 0 Å². The minimum Gasteiger partial charge on any atom is -0.461 e. The van der Waals surface area contributed by atoms with Gasteiger partial charge in [-0.15, -0.1) is 10.2 Å². The zero-order chi connectivity index (χ0) is 14.7. The summed E-state index contributed by atoms with van der Waals surface area (Å²) in [6.07, 6.45) is 1.59. The van der Waals surface area contributed by atoms with Crippen molar-refractivity contribution in [3.05, 3.63) is 18.4 Å². The highest BCUT2D eigenvalue weighted by molar-refractivity contribution is 8.00. The van der Waals surface area contributed by atoms with E-state index in [-0.39, 0.29) is 17.2 Å². The van der Waals surface area contributed by atoms with Crippen LogP contribution in [-0.2, 0) is 11.8 Å². The second-order valence-corrected chi connectivity index (χ2v) is 6.07. The van der Waals surface area contributed by atoms with Crippen LogP contribution in [0, 0.1) is 0 Å². The third-order valence-corrected chi connectivity index (χ3v) is 3.79. The lowest BCUT2D eigenvalue weighted by atomic mass is 10.3. The zero-order valence-electron chi connectivity index (χ0n) is 12.0. The van der Waals surface area contributed by atoms with Crippen LogP contribution < -0.4 is 5.32 Å². The summed E-state index contributed by atoms with van der Waals surface area (Å²) in [5.74, 6) is 1.30. The monoisotopic (exact) mass is 294 g/mol. The molecule has 2 rings (SSSR count). The summed E-state index contributed by atoms with van der Waals surface area (Å²) in [5.41, 5.74) is 0. The summed E-state index contributed by atoms with van der Waals surface area (Å²) in [6.45, 7) is 5.73. The van der Waals surface area contributed by atoms with Crippen LogP contribution in [0.4, 0.5) is 0 Å². The van der Waals surface area contributed by atoms with E-state index in [9.17, 15) is 4.79 Å². The zero-order valence-corrected chi connectivity index (χ0v) is 12.8. The molecule has 6 nitrogen and oxygen atoms in total. The van der Waals surface area contributed by atoms with Crippen molar-refractivity contribution in [3.63, 3.8) is 0 Å². The van der Waals surface area contributed by atoms with E-state index in [1.165, 1.54) is 11.8 Å². The number of carbonyl (C=O) groups is 1. The molecule has 0 aliphatic heterocycles. The lowest BCUT2D eigenvalue weighted by Gasteiger charge is -2.13. The average Bonchev–Trinajstić information content (AvgIpc) is 2.99. The molecule has 0 aliphatic carbocycles. The molecule has 0 fully saturated rings. The fourth-order valence-corrected chi connectivity index (χ4v) is 2.48. The fraction of sp³-hybridized carbons (Fsp3) is 0.462. The maximum atomic E-state index is 11.9. The smallest absolute Gasteiger partial charge is 0.233 e. The molecule has 0 radical (unpaired) electrons. The molecule has 2 aromatic rings. The molecule has 2 aromatic heterocycles. The molecule has 1 amide bonds. The molecule has 0 bridgehead atoms. The van der Waals surface area contributed by atoms with Crippen molar-refractivity contribution in [1.29, 1.82) is 0 Å². The molecular weight excluding hydrogens is 276 g/mol. The van der Waals surface area contributed by atoms with E-state index in [1.807, 2.05) is 38.5 Å². The SMILES string of the molecule is CC(C)NC(=O)[C@H](C)Sc1nnc(-c2ccco2)n1C. The van der Waals surface area contributed by atoms with E-state index in [0.717, 1.165) is 0 Å². The van der Waals surface area contributed by atoms with Gasteiger partial charge in [0, 0.05) is 13.1 Å². The molecular formula is C13H18N4O2S. The maximum absolute atomic E-state index is 11.9. The number of hydrogen-bond acceptors (Lipinski definition) is 5. The number of furan rings is 1. The number of carbonyl (C=O) groups excluding carboxylic acids is 1. The van der Waals surface area contributed by atoms with Gasteiger partial charge in [-0.3, -0.25) is 4.79 Å². The Labute approximate surface area is 121 Å². The first-order chi connectivity index (χ1) is 9.49. The molecule has 2 heterocycles. The number of nitrogens with zero attached hydrogens (tertiary/aromatic N) is 3. The summed E-state index contributed by atoms with van der Waals surface area (Å²) in [6, 6.07) is 3.76. The summed E-state index contributed by atoms with van der Waals surface area (Å²) in [5, 5.41) is 11.5. The number of thioether (sulfide) groups is 1. The first-order valence-corrected chi connectivity index (χ1v) is 7.27. The first-order valence-electron chi connectivity index (χ1n) is 6.39. The Hall–Kier alpha value is -1.76. The van der Waals surface area contributed by atoms with E-state index in [1.54, 1.807) is 12.3 Å². The van der Waals surface area contributed by atoms with Crippen molar-refractivity contribution in [3.8, 4) is 11.6 Å². The minimum atomic E-state index is -0.232. The largest absolute Gasteiger partial charge is 0.461 e. The summed E-state index contributed by atoms with van der Waals surface area (Å²) < 4.78 is 7.13. The standard InChI is InChI=1S/C13H18N4O2S/c1-8(2)14-12(18)9(3)20-13-16-15-11(17(13)4)10-6-5-7-19-10/h5-9H,1-4H3,(H,14,18)/t9-/m0/s1. The Morgan fingerprint density at radius 3 is 2.75 bits per heavy atom. The molecule has 0 saturated carbocycles. The molecule has 1 atom stereocenters.